The minimum absolute atomic E-state index is 0.0867. The van der Waals surface area contributed by atoms with E-state index in [0.29, 0.717) is 21.1 Å². The molecule has 2 amide bonds. The number of likely N-dealkylation sites (N-methyl/N-ethyl adjacent to an activating group) is 1. The molecule has 3 fully saturated rings. The van der Waals surface area contributed by atoms with Crippen LogP contribution in [0.15, 0.2) is 9.93 Å². The zero-order chi connectivity index (χ0) is 14.4. The van der Waals surface area contributed by atoms with Gasteiger partial charge in [-0.3, -0.25) is 19.3 Å². The summed E-state index contributed by atoms with van der Waals surface area (Å²) in [4.78, 5) is 38.6. The van der Waals surface area contributed by atoms with E-state index in [4.69, 9.17) is 5.11 Å². The molecule has 3 aliphatic heterocycles. The average molecular weight is 332 g/mol. The van der Waals surface area contributed by atoms with E-state index in [1.807, 2.05) is 6.92 Å². The predicted molar refractivity (Wildman–Crippen MR) is 79.0 cm³/mol. The zero-order valence-electron chi connectivity index (χ0n) is 10.6. The molecule has 0 aliphatic carbocycles. The van der Waals surface area contributed by atoms with Crippen molar-refractivity contribution in [3.63, 3.8) is 0 Å². The Bertz CT molecular complexity index is 536. The lowest BCUT2D eigenvalue weighted by Crippen LogP contribution is -2.39. The van der Waals surface area contributed by atoms with Gasteiger partial charge in [0.25, 0.3) is 5.91 Å². The van der Waals surface area contributed by atoms with Crippen LogP contribution in [0.2, 0.25) is 0 Å². The molecular weight excluding hydrogens is 320 g/mol. The van der Waals surface area contributed by atoms with Gasteiger partial charge in [0.2, 0.25) is 5.91 Å². The number of nitrogens with zero attached hydrogens (tertiary/aromatic N) is 2. The van der Waals surface area contributed by atoms with Crippen LogP contribution in [0.5, 0.6) is 0 Å². The number of rotatable bonds is 3. The molecule has 0 saturated carbocycles. The minimum Gasteiger partial charge on any atom is -0.480 e. The van der Waals surface area contributed by atoms with Gasteiger partial charge in [-0.05, 0) is 6.92 Å². The van der Waals surface area contributed by atoms with Crippen molar-refractivity contribution >= 4 is 53.1 Å². The van der Waals surface area contributed by atoms with E-state index < -0.39 is 5.97 Å². The molecule has 1 N–H and O–H groups in total. The Balaban J connectivity index is 1.93. The molecule has 3 heterocycles. The molecule has 2 unspecified atom stereocenters. The largest absolute Gasteiger partial charge is 0.480 e. The molecule has 6 nitrogen and oxygen atoms in total. The third-order valence-electron chi connectivity index (χ3n) is 3.13. The number of hydrogen-bond acceptors (Lipinski definition) is 6. The molecule has 0 spiro atoms. The molecule has 0 bridgehead atoms. The lowest BCUT2D eigenvalue weighted by atomic mass is 10.4. The van der Waals surface area contributed by atoms with Gasteiger partial charge in [0, 0.05) is 6.54 Å². The fraction of sp³-hybridized carbons (Fsp3) is 0.545. The van der Waals surface area contributed by atoms with Crippen molar-refractivity contribution in [2.75, 3.05) is 18.8 Å². The van der Waals surface area contributed by atoms with Crippen molar-refractivity contribution in [2.24, 2.45) is 0 Å². The highest BCUT2D eigenvalue weighted by Gasteiger charge is 2.52. The van der Waals surface area contributed by atoms with Gasteiger partial charge in [-0.2, -0.15) is 0 Å². The molecule has 108 valence electrons. The Morgan fingerprint density at radius 2 is 2.20 bits per heavy atom. The number of thioether (sulfide) groups is 3. The first-order valence-electron chi connectivity index (χ1n) is 6.05. The first-order valence-corrected chi connectivity index (χ1v) is 8.86. The minimum atomic E-state index is -1.07. The van der Waals surface area contributed by atoms with Crippen LogP contribution in [-0.2, 0) is 14.4 Å². The summed E-state index contributed by atoms with van der Waals surface area (Å²) in [5, 5.41) is 9.64. The Labute approximate surface area is 128 Å². The second kappa shape index (κ2) is 5.19. The summed E-state index contributed by atoms with van der Waals surface area (Å²) >= 11 is 4.44. The molecule has 0 aromatic rings. The van der Waals surface area contributed by atoms with Crippen molar-refractivity contribution < 1.29 is 19.5 Å². The summed E-state index contributed by atoms with van der Waals surface area (Å²) in [7, 11) is 0. The molecule has 2 atom stereocenters. The Morgan fingerprint density at radius 1 is 1.45 bits per heavy atom. The maximum absolute atomic E-state index is 12.5. The van der Waals surface area contributed by atoms with E-state index in [2.05, 4.69) is 0 Å². The van der Waals surface area contributed by atoms with Crippen LogP contribution >= 0.6 is 35.3 Å². The van der Waals surface area contributed by atoms with Crippen LogP contribution in [0.3, 0.4) is 0 Å². The number of hydrogen-bond donors (Lipinski definition) is 1. The third kappa shape index (κ3) is 2.31. The van der Waals surface area contributed by atoms with E-state index in [-0.39, 0.29) is 29.5 Å². The molecule has 0 radical (unpaired) electrons. The number of carboxylic acids is 1. The van der Waals surface area contributed by atoms with E-state index in [9.17, 15) is 14.4 Å². The maximum Gasteiger partial charge on any atom is 0.323 e. The molecule has 3 saturated heterocycles. The second-order valence-electron chi connectivity index (χ2n) is 4.40. The van der Waals surface area contributed by atoms with Crippen molar-refractivity contribution in [3.8, 4) is 0 Å². The van der Waals surface area contributed by atoms with E-state index in [0.717, 1.165) is 0 Å². The van der Waals surface area contributed by atoms with Crippen molar-refractivity contribution in [1.82, 2.24) is 9.80 Å². The summed E-state index contributed by atoms with van der Waals surface area (Å²) in [6.07, 6.45) is 0. The first kappa shape index (κ1) is 14.2. The number of carboxylic acid groups (broad SMARTS) is 1. The van der Waals surface area contributed by atoms with Gasteiger partial charge < -0.3 is 10.0 Å². The van der Waals surface area contributed by atoms with Gasteiger partial charge in [-0.1, -0.05) is 11.8 Å². The first-order chi connectivity index (χ1) is 9.52. The fourth-order valence-electron chi connectivity index (χ4n) is 2.16. The van der Waals surface area contributed by atoms with Gasteiger partial charge in [0.05, 0.1) is 15.4 Å². The van der Waals surface area contributed by atoms with Gasteiger partial charge in [-0.15, -0.1) is 23.5 Å². The SMILES string of the molecule is CCN1C(=O)/C(=C2\SCC(=O)N2CC(=O)O)SC2SC21. The lowest BCUT2D eigenvalue weighted by molar-refractivity contribution is -0.141. The predicted octanol–water partition coefficient (Wildman–Crippen LogP) is 0.810. The van der Waals surface area contributed by atoms with Gasteiger partial charge in [0.1, 0.15) is 16.8 Å². The summed E-state index contributed by atoms with van der Waals surface area (Å²) in [6.45, 7) is 2.17. The van der Waals surface area contributed by atoms with Crippen molar-refractivity contribution in [3.05, 3.63) is 9.93 Å². The topological polar surface area (TPSA) is 77.9 Å². The summed E-state index contributed by atoms with van der Waals surface area (Å²) in [5.74, 6) is -1.20. The highest BCUT2D eigenvalue weighted by Crippen LogP contribution is 2.58. The van der Waals surface area contributed by atoms with Crippen LogP contribution in [0, 0.1) is 0 Å². The molecule has 0 aromatic carbocycles. The Kier molecular flexibility index (Phi) is 3.67. The summed E-state index contributed by atoms with van der Waals surface area (Å²) in [6, 6.07) is 0. The second-order valence-corrected chi connectivity index (χ2v) is 8.08. The fourth-order valence-corrected chi connectivity index (χ4v) is 6.10. The molecule has 3 rings (SSSR count). The highest BCUT2D eigenvalue weighted by atomic mass is 32.2. The molecule has 20 heavy (non-hydrogen) atoms. The maximum atomic E-state index is 12.5. The van der Waals surface area contributed by atoms with Crippen molar-refractivity contribution in [2.45, 2.75) is 16.9 Å². The number of carbonyl (C=O) groups is 3. The zero-order valence-corrected chi connectivity index (χ0v) is 13.0. The highest BCUT2D eigenvalue weighted by molar-refractivity contribution is 8.26. The Hall–Kier alpha value is -0.800. The van der Waals surface area contributed by atoms with Gasteiger partial charge in [-0.25, -0.2) is 0 Å². The molecular formula is C11H12N2O4S3. The molecule has 9 heteroatoms. The van der Waals surface area contributed by atoms with E-state index in [1.165, 1.54) is 28.4 Å². The number of aliphatic carboxylic acids is 1. The average Bonchev–Trinajstić information content (AvgIpc) is 3.08. The van der Waals surface area contributed by atoms with Crippen molar-refractivity contribution in [1.29, 1.82) is 0 Å². The van der Waals surface area contributed by atoms with E-state index >= 15 is 0 Å². The number of carbonyl (C=O) groups excluding carboxylic acids is 2. The lowest BCUT2D eigenvalue weighted by Gasteiger charge is -2.27. The monoisotopic (exact) mass is 332 g/mol. The third-order valence-corrected chi connectivity index (χ3v) is 7.26. The van der Waals surface area contributed by atoms with Crippen LogP contribution in [-0.4, -0.2) is 61.5 Å². The van der Waals surface area contributed by atoms with Crippen LogP contribution in [0.25, 0.3) is 0 Å². The standard InChI is InChI=1S/C11H12N2O4S3/c1-2-12-8(17)7(19-11-10(12)20-11)9-13(3-6(15)16)5(14)4-18-9/h10-11H,2-4H2,1H3,(H,15,16)/b9-7+. The Morgan fingerprint density at radius 3 is 2.85 bits per heavy atom. The molecule has 0 aromatic heterocycles. The van der Waals surface area contributed by atoms with Crippen LogP contribution < -0.4 is 0 Å². The normalized spacial score (nSPS) is 32.6. The van der Waals surface area contributed by atoms with E-state index in [1.54, 1.807) is 16.7 Å². The summed E-state index contributed by atoms with van der Waals surface area (Å²) < 4.78 is 0.318. The quantitative estimate of drug-likeness (QED) is 0.605. The molecule has 3 aliphatic rings. The number of amides is 2. The number of fused-ring (bicyclic) bond motifs is 1. The van der Waals surface area contributed by atoms with Crippen LogP contribution in [0.4, 0.5) is 0 Å². The van der Waals surface area contributed by atoms with Gasteiger partial charge in [0.15, 0.2) is 0 Å². The van der Waals surface area contributed by atoms with Gasteiger partial charge >= 0.3 is 5.97 Å². The summed E-state index contributed by atoms with van der Waals surface area (Å²) in [5.41, 5.74) is 0. The smallest absolute Gasteiger partial charge is 0.323 e. The van der Waals surface area contributed by atoms with Crippen LogP contribution in [0.1, 0.15) is 6.92 Å².